The summed E-state index contributed by atoms with van der Waals surface area (Å²) in [6.07, 6.45) is -0.690. The number of anilines is 1. The molecular weight excluding hydrogens is 504 g/mol. The summed E-state index contributed by atoms with van der Waals surface area (Å²) in [6.45, 7) is 0.0744. The number of hydrogen-bond acceptors (Lipinski definition) is 6. The molecule has 8 nitrogen and oxygen atoms in total. The number of nitrogens with one attached hydrogen (secondary N) is 1. The van der Waals surface area contributed by atoms with Gasteiger partial charge in [-0.2, -0.15) is 4.31 Å². The lowest BCUT2D eigenvalue weighted by Crippen LogP contribution is -2.57. The van der Waals surface area contributed by atoms with Crippen LogP contribution in [0.5, 0.6) is 0 Å². The largest absolute Gasteiger partial charge is 0.389 e. The van der Waals surface area contributed by atoms with E-state index in [-0.39, 0.29) is 43.1 Å². The number of benzene rings is 3. The predicted molar refractivity (Wildman–Crippen MR) is 144 cm³/mol. The van der Waals surface area contributed by atoms with Gasteiger partial charge in [0.05, 0.1) is 48.9 Å². The Morgan fingerprint density at radius 1 is 0.895 bits per heavy atom. The second-order valence-electron chi connectivity index (χ2n) is 9.72. The number of aliphatic hydroxyl groups is 1. The number of carbonyl (C=O) groups excluding carboxylic acids is 1. The quantitative estimate of drug-likeness (QED) is 0.498. The van der Waals surface area contributed by atoms with E-state index >= 15 is 0 Å². The minimum absolute atomic E-state index is 0.0114. The minimum Gasteiger partial charge on any atom is -0.389 e. The van der Waals surface area contributed by atoms with E-state index in [1.54, 1.807) is 30.3 Å². The smallest absolute Gasteiger partial charge is 0.243 e. The first kappa shape index (κ1) is 26.5. The van der Waals surface area contributed by atoms with Gasteiger partial charge in [0.1, 0.15) is 0 Å². The zero-order valence-electron chi connectivity index (χ0n) is 21.0. The fraction of sp³-hybridized carbons (Fsp3) is 0.345. The lowest BCUT2D eigenvalue weighted by atomic mass is 9.96. The van der Waals surface area contributed by atoms with Crippen molar-refractivity contribution in [2.24, 2.45) is 0 Å². The lowest BCUT2D eigenvalue weighted by Gasteiger charge is -2.43. The van der Waals surface area contributed by atoms with Crippen LogP contribution in [-0.2, 0) is 24.3 Å². The summed E-state index contributed by atoms with van der Waals surface area (Å²) in [5.74, 6) is -0.170. The van der Waals surface area contributed by atoms with E-state index in [9.17, 15) is 18.3 Å². The number of nitrogens with zero attached hydrogens (tertiary/aromatic N) is 1. The number of amides is 1. The Bertz CT molecular complexity index is 1320. The molecule has 0 bridgehead atoms. The standard InChI is InChI=1S/C29H32N2O6S/c32-24-18-31(38(34,35)26-9-5-2-6-10-26)27-16-15-25(37-28(27)20-36-19-24)17-29(33)30-23-13-11-22(12-14-23)21-7-3-1-4-8-21/h1-14,24-25,27-28,32H,15-20H2,(H,30,33)/t24-,25-,27-,28+/m0/s1. The highest BCUT2D eigenvalue weighted by molar-refractivity contribution is 7.89. The molecule has 3 aromatic carbocycles. The van der Waals surface area contributed by atoms with Crippen molar-refractivity contribution in [3.63, 3.8) is 0 Å². The molecule has 0 unspecified atom stereocenters. The Morgan fingerprint density at radius 2 is 1.55 bits per heavy atom. The zero-order chi connectivity index (χ0) is 26.5. The van der Waals surface area contributed by atoms with Gasteiger partial charge in [-0.15, -0.1) is 0 Å². The molecule has 0 aromatic heterocycles. The monoisotopic (exact) mass is 536 g/mol. The molecular formula is C29H32N2O6S. The van der Waals surface area contributed by atoms with Gasteiger partial charge in [-0.05, 0) is 48.2 Å². The van der Waals surface area contributed by atoms with E-state index in [0.717, 1.165) is 11.1 Å². The first-order valence-corrected chi connectivity index (χ1v) is 14.3. The molecule has 1 amide bonds. The average Bonchev–Trinajstić information content (AvgIpc) is 2.92. The Morgan fingerprint density at radius 3 is 2.26 bits per heavy atom. The summed E-state index contributed by atoms with van der Waals surface area (Å²) in [5, 5.41) is 13.3. The number of β-amino-alcohol motifs (C(OH)–C–C–N with tert-alkyl or cyclic N) is 1. The third-order valence-electron chi connectivity index (χ3n) is 6.97. The second kappa shape index (κ2) is 11.8. The summed E-state index contributed by atoms with van der Waals surface area (Å²) >= 11 is 0. The molecule has 200 valence electrons. The summed E-state index contributed by atoms with van der Waals surface area (Å²) in [6, 6.07) is 25.4. The van der Waals surface area contributed by atoms with Crippen molar-refractivity contribution in [3.8, 4) is 11.1 Å². The van der Waals surface area contributed by atoms with Crippen molar-refractivity contribution in [1.29, 1.82) is 0 Å². The number of fused-ring (bicyclic) bond motifs is 1. The van der Waals surface area contributed by atoms with Crippen LogP contribution in [0.3, 0.4) is 0 Å². The zero-order valence-corrected chi connectivity index (χ0v) is 21.8. The highest BCUT2D eigenvalue weighted by atomic mass is 32.2. The first-order chi connectivity index (χ1) is 18.4. The average molecular weight is 537 g/mol. The van der Waals surface area contributed by atoms with Crippen molar-refractivity contribution >= 4 is 21.6 Å². The fourth-order valence-corrected chi connectivity index (χ4v) is 6.83. The van der Waals surface area contributed by atoms with Crippen molar-refractivity contribution in [2.75, 3.05) is 25.1 Å². The van der Waals surface area contributed by atoms with E-state index in [0.29, 0.717) is 18.5 Å². The van der Waals surface area contributed by atoms with Crippen molar-refractivity contribution < 1.29 is 27.8 Å². The SMILES string of the molecule is O=C(C[C@@H]1CC[C@H]2[C@@H](COC[C@@H](O)CN2S(=O)(=O)c2ccccc2)O1)Nc1ccc(-c2ccccc2)cc1. The summed E-state index contributed by atoms with van der Waals surface area (Å²) in [7, 11) is -3.85. The molecule has 2 aliphatic heterocycles. The lowest BCUT2D eigenvalue weighted by molar-refractivity contribution is -0.144. The van der Waals surface area contributed by atoms with Crippen LogP contribution < -0.4 is 5.32 Å². The van der Waals surface area contributed by atoms with Gasteiger partial charge < -0.3 is 19.9 Å². The Labute approximate surface area is 223 Å². The summed E-state index contributed by atoms with van der Waals surface area (Å²) < 4.78 is 40.2. The highest BCUT2D eigenvalue weighted by Crippen LogP contribution is 2.31. The molecule has 0 spiro atoms. The molecule has 2 fully saturated rings. The molecule has 3 aromatic rings. The maximum absolute atomic E-state index is 13.5. The van der Waals surface area contributed by atoms with Crippen LogP contribution in [0, 0.1) is 0 Å². The van der Waals surface area contributed by atoms with E-state index in [2.05, 4.69) is 5.32 Å². The van der Waals surface area contributed by atoms with Gasteiger partial charge in [0.25, 0.3) is 0 Å². The van der Waals surface area contributed by atoms with Gasteiger partial charge in [0, 0.05) is 12.2 Å². The molecule has 5 rings (SSSR count). The Balaban J connectivity index is 1.23. The van der Waals surface area contributed by atoms with Crippen LogP contribution in [0.4, 0.5) is 5.69 Å². The van der Waals surface area contributed by atoms with Gasteiger partial charge in [-0.1, -0.05) is 60.7 Å². The molecule has 2 saturated heterocycles. The molecule has 0 saturated carbocycles. The molecule has 0 aliphatic carbocycles. The molecule has 2 heterocycles. The number of carbonyl (C=O) groups is 1. The number of sulfonamides is 1. The molecule has 2 aliphatic rings. The van der Waals surface area contributed by atoms with Gasteiger partial charge >= 0.3 is 0 Å². The summed E-state index contributed by atoms with van der Waals surface area (Å²) in [4.78, 5) is 13.0. The highest BCUT2D eigenvalue weighted by Gasteiger charge is 2.43. The first-order valence-electron chi connectivity index (χ1n) is 12.8. The Kier molecular flexibility index (Phi) is 8.21. The maximum atomic E-state index is 13.5. The molecule has 0 radical (unpaired) electrons. The number of aliphatic hydroxyl groups excluding tert-OH is 1. The number of hydrogen-bond donors (Lipinski definition) is 2. The van der Waals surface area contributed by atoms with E-state index in [1.165, 1.54) is 4.31 Å². The van der Waals surface area contributed by atoms with Gasteiger partial charge in [0.15, 0.2) is 0 Å². The number of ether oxygens (including phenoxy) is 2. The van der Waals surface area contributed by atoms with Crippen molar-refractivity contribution in [2.45, 2.75) is 48.5 Å². The second-order valence-corrected chi connectivity index (χ2v) is 11.6. The Hall–Kier alpha value is -3.08. The van der Waals surface area contributed by atoms with Crippen LogP contribution in [-0.4, -0.2) is 67.8 Å². The van der Waals surface area contributed by atoms with E-state index in [1.807, 2.05) is 54.6 Å². The molecule has 9 heteroatoms. The predicted octanol–water partition coefficient (Wildman–Crippen LogP) is 3.68. The van der Waals surface area contributed by atoms with Crippen LogP contribution >= 0.6 is 0 Å². The van der Waals surface area contributed by atoms with Gasteiger partial charge in [-0.3, -0.25) is 4.79 Å². The fourth-order valence-electron chi connectivity index (χ4n) is 5.09. The van der Waals surface area contributed by atoms with E-state index < -0.39 is 28.3 Å². The van der Waals surface area contributed by atoms with Crippen LogP contribution in [0.2, 0.25) is 0 Å². The van der Waals surface area contributed by atoms with Gasteiger partial charge in [0.2, 0.25) is 15.9 Å². The van der Waals surface area contributed by atoms with Crippen molar-refractivity contribution in [1.82, 2.24) is 4.31 Å². The molecule has 4 atom stereocenters. The van der Waals surface area contributed by atoms with Crippen LogP contribution in [0.1, 0.15) is 19.3 Å². The maximum Gasteiger partial charge on any atom is 0.243 e. The third-order valence-corrected chi connectivity index (χ3v) is 8.88. The van der Waals surface area contributed by atoms with Crippen LogP contribution in [0.15, 0.2) is 89.8 Å². The molecule has 38 heavy (non-hydrogen) atoms. The summed E-state index contributed by atoms with van der Waals surface area (Å²) in [5.41, 5.74) is 2.87. The minimum atomic E-state index is -3.85. The van der Waals surface area contributed by atoms with Gasteiger partial charge in [-0.25, -0.2) is 8.42 Å². The van der Waals surface area contributed by atoms with Crippen molar-refractivity contribution in [3.05, 3.63) is 84.9 Å². The third kappa shape index (κ3) is 6.14. The molecule has 2 N–H and O–H groups in total. The van der Waals surface area contributed by atoms with E-state index in [4.69, 9.17) is 9.47 Å². The van der Waals surface area contributed by atoms with Crippen LogP contribution in [0.25, 0.3) is 11.1 Å². The normalized spacial score (nSPS) is 24.6. The number of rotatable bonds is 6. The topological polar surface area (TPSA) is 105 Å².